The van der Waals surface area contributed by atoms with Gasteiger partial charge >= 0.3 is 0 Å². The van der Waals surface area contributed by atoms with Crippen LogP contribution in [0.5, 0.6) is 0 Å². The highest BCUT2D eigenvalue weighted by molar-refractivity contribution is 7.94. The smallest absolute Gasteiger partial charge is 0.271 e. The largest absolute Gasteiger partial charge is 0.349 e. The molecule has 2 bridgehead atoms. The molecule has 144 valence electrons. The van der Waals surface area contributed by atoms with Gasteiger partial charge in [0.25, 0.3) is 15.9 Å². The van der Waals surface area contributed by atoms with Gasteiger partial charge in [-0.3, -0.25) is 9.52 Å². The van der Waals surface area contributed by atoms with Crippen molar-refractivity contribution in [3.8, 4) is 0 Å². The van der Waals surface area contributed by atoms with Crippen molar-refractivity contribution in [2.24, 2.45) is 17.8 Å². The molecule has 4 rings (SSSR count). The van der Waals surface area contributed by atoms with Crippen LogP contribution in [0.4, 0.5) is 5.69 Å². The molecular formula is C20H24N2O3S2. The van der Waals surface area contributed by atoms with Crippen molar-refractivity contribution in [1.82, 2.24) is 5.32 Å². The average Bonchev–Trinajstić information content (AvgIpc) is 3.39. The quantitative estimate of drug-likeness (QED) is 0.761. The number of fused-ring (bicyclic) bond motifs is 2. The first-order valence-corrected chi connectivity index (χ1v) is 11.8. The minimum atomic E-state index is -3.57. The van der Waals surface area contributed by atoms with Crippen LogP contribution in [0.1, 0.15) is 43.0 Å². The summed E-state index contributed by atoms with van der Waals surface area (Å²) in [5.74, 6) is 2.11. The lowest BCUT2D eigenvalue weighted by Gasteiger charge is -2.28. The number of rotatable bonds is 6. The van der Waals surface area contributed by atoms with Gasteiger partial charge in [-0.15, -0.1) is 11.3 Å². The summed E-state index contributed by atoms with van der Waals surface area (Å²) in [6.45, 7) is 2.10. The molecule has 0 aliphatic heterocycles. The van der Waals surface area contributed by atoms with Gasteiger partial charge < -0.3 is 5.32 Å². The number of anilines is 1. The van der Waals surface area contributed by atoms with Crippen LogP contribution >= 0.6 is 11.3 Å². The summed E-state index contributed by atoms with van der Waals surface area (Å²) in [7, 11) is -3.57. The van der Waals surface area contributed by atoms with E-state index in [4.69, 9.17) is 0 Å². The molecule has 1 aromatic carbocycles. The van der Waals surface area contributed by atoms with Crippen molar-refractivity contribution < 1.29 is 13.2 Å². The summed E-state index contributed by atoms with van der Waals surface area (Å²) in [5.41, 5.74) is 0.991. The van der Waals surface area contributed by atoms with Crippen molar-refractivity contribution in [3.05, 3.63) is 47.3 Å². The molecule has 0 unspecified atom stereocenters. The third-order valence-corrected chi connectivity index (χ3v) is 8.73. The van der Waals surface area contributed by atoms with Crippen LogP contribution in [0, 0.1) is 17.8 Å². The van der Waals surface area contributed by atoms with E-state index in [2.05, 4.69) is 17.0 Å². The van der Waals surface area contributed by atoms with Crippen LogP contribution in [-0.4, -0.2) is 20.4 Å². The number of thiophene rings is 1. The second-order valence-corrected chi connectivity index (χ2v) is 10.6. The highest BCUT2D eigenvalue weighted by Gasteiger charge is 2.42. The van der Waals surface area contributed by atoms with Gasteiger partial charge in [0.2, 0.25) is 0 Å². The van der Waals surface area contributed by atoms with Gasteiger partial charge in [0.15, 0.2) is 0 Å². The van der Waals surface area contributed by atoms with Crippen LogP contribution in [0.2, 0.25) is 0 Å². The first-order valence-electron chi connectivity index (χ1n) is 9.39. The van der Waals surface area contributed by atoms with Gasteiger partial charge in [-0.05, 0) is 79.7 Å². The monoisotopic (exact) mass is 404 g/mol. The topological polar surface area (TPSA) is 75.3 Å². The van der Waals surface area contributed by atoms with Gasteiger partial charge in [0.05, 0.1) is 0 Å². The summed E-state index contributed by atoms with van der Waals surface area (Å²) in [5, 5.41) is 4.86. The third kappa shape index (κ3) is 3.89. The summed E-state index contributed by atoms with van der Waals surface area (Å²) in [4.78, 5) is 12.6. The highest BCUT2D eigenvalue weighted by atomic mass is 32.2. The Morgan fingerprint density at radius 3 is 2.52 bits per heavy atom. The predicted octanol–water partition coefficient (Wildman–Crippen LogP) is 4.10. The zero-order valence-electron chi connectivity index (χ0n) is 15.2. The van der Waals surface area contributed by atoms with E-state index in [9.17, 15) is 13.2 Å². The van der Waals surface area contributed by atoms with Gasteiger partial charge in [-0.1, -0.05) is 12.5 Å². The zero-order valence-corrected chi connectivity index (χ0v) is 16.9. The van der Waals surface area contributed by atoms with Crippen LogP contribution < -0.4 is 10.0 Å². The summed E-state index contributed by atoms with van der Waals surface area (Å²) < 4.78 is 27.3. The molecule has 2 aliphatic rings. The fraction of sp³-hybridized carbons (Fsp3) is 0.450. The Morgan fingerprint density at radius 2 is 1.93 bits per heavy atom. The van der Waals surface area contributed by atoms with Crippen LogP contribution in [-0.2, 0) is 10.0 Å². The molecule has 2 saturated carbocycles. The lowest BCUT2D eigenvalue weighted by Crippen LogP contribution is -2.40. The summed E-state index contributed by atoms with van der Waals surface area (Å²) in [6.07, 6.45) is 5.21. The van der Waals surface area contributed by atoms with E-state index >= 15 is 0 Å². The van der Waals surface area contributed by atoms with E-state index < -0.39 is 10.0 Å². The van der Waals surface area contributed by atoms with Gasteiger partial charge in [0.1, 0.15) is 4.21 Å². The molecule has 2 N–H and O–H groups in total. The number of amides is 1. The SMILES string of the molecule is C[C@@H](NC(=O)c1ccc(NS(=O)(=O)c2cccs2)cc1)[C@@H]1C[C@H]2CC[C@H]1C2. The molecule has 5 nitrogen and oxygen atoms in total. The molecule has 0 spiro atoms. The Balaban J connectivity index is 1.38. The van der Waals surface area contributed by atoms with E-state index in [1.54, 1.807) is 41.8 Å². The van der Waals surface area contributed by atoms with Crippen molar-refractivity contribution in [3.63, 3.8) is 0 Å². The fourth-order valence-electron chi connectivity index (χ4n) is 4.61. The maximum absolute atomic E-state index is 12.6. The molecule has 1 aromatic heterocycles. The van der Waals surface area contributed by atoms with E-state index in [0.29, 0.717) is 17.2 Å². The van der Waals surface area contributed by atoms with Crippen molar-refractivity contribution in [2.45, 2.75) is 42.9 Å². The standard InChI is InChI=1S/C20H24N2O3S2/c1-13(18-12-14-4-5-16(18)11-14)21-20(23)15-6-8-17(9-7-15)22-27(24,25)19-3-2-10-26-19/h2-3,6-10,13-14,16,18,22H,4-5,11-12H2,1H3,(H,21,23)/t13-,14+,16+,18+/m1/s1. The number of nitrogens with one attached hydrogen (secondary N) is 2. The van der Waals surface area contributed by atoms with E-state index in [0.717, 1.165) is 11.8 Å². The minimum absolute atomic E-state index is 0.0991. The predicted molar refractivity (Wildman–Crippen MR) is 107 cm³/mol. The lowest BCUT2D eigenvalue weighted by molar-refractivity contribution is 0.0915. The molecular weight excluding hydrogens is 380 g/mol. The van der Waals surface area contributed by atoms with E-state index in [1.807, 2.05) is 0 Å². The van der Waals surface area contributed by atoms with E-state index in [-0.39, 0.29) is 16.2 Å². The molecule has 0 radical (unpaired) electrons. The Kier molecular flexibility index (Phi) is 4.99. The van der Waals surface area contributed by atoms with Crippen LogP contribution in [0.3, 0.4) is 0 Å². The van der Waals surface area contributed by atoms with Crippen molar-refractivity contribution in [2.75, 3.05) is 4.72 Å². The second kappa shape index (κ2) is 7.28. The second-order valence-electron chi connectivity index (χ2n) is 7.72. The van der Waals surface area contributed by atoms with E-state index in [1.165, 1.54) is 37.0 Å². The maximum Gasteiger partial charge on any atom is 0.271 e. The Morgan fingerprint density at radius 1 is 1.15 bits per heavy atom. The Bertz CT molecular complexity index is 907. The Labute approximate surface area is 164 Å². The number of hydrogen-bond acceptors (Lipinski definition) is 4. The first kappa shape index (κ1) is 18.5. The average molecular weight is 405 g/mol. The van der Waals surface area contributed by atoms with Crippen molar-refractivity contribution in [1.29, 1.82) is 0 Å². The number of carbonyl (C=O) groups is 1. The lowest BCUT2D eigenvalue weighted by atomic mass is 9.84. The number of carbonyl (C=O) groups excluding carboxylic acids is 1. The van der Waals surface area contributed by atoms with Crippen LogP contribution in [0.25, 0.3) is 0 Å². The van der Waals surface area contributed by atoms with Crippen molar-refractivity contribution >= 4 is 33.0 Å². The number of hydrogen-bond donors (Lipinski definition) is 2. The molecule has 0 saturated heterocycles. The fourth-order valence-corrected chi connectivity index (χ4v) is 6.67. The third-order valence-electron chi connectivity index (χ3n) is 5.95. The molecule has 2 aromatic rings. The Hall–Kier alpha value is -1.86. The molecule has 2 aliphatic carbocycles. The molecule has 2 fully saturated rings. The molecule has 4 atom stereocenters. The molecule has 1 heterocycles. The number of sulfonamides is 1. The minimum Gasteiger partial charge on any atom is -0.349 e. The zero-order chi connectivity index (χ0) is 19.0. The molecule has 1 amide bonds. The summed E-state index contributed by atoms with van der Waals surface area (Å²) >= 11 is 1.17. The highest BCUT2D eigenvalue weighted by Crippen LogP contribution is 2.49. The van der Waals surface area contributed by atoms with Gasteiger partial charge in [-0.2, -0.15) is 0 Å². The van der Waals surface area contributed by atoms with Gasteiger partial charge in [0, 0.05) is 17.3 Å². The summed E-state index contributed by atoms with van der Waals surface area (Å²) in [6, 6.07) is 10.0. The normalized spacial score (nSPS) is 25.3. The number of benzene rings is 1. The van der Waals surface area contributed by atoms with Gasteiger partial charge in [-0.25, -0.2) is 8.42 Å². The maximum atomic E-state index is 12.6. The molecule has 7 heteroatoms. The van der Waals surface area contributed by atoms with Crippen LogP contribution in [0.15, 0.2) is 46.0 Å². The first-order chi connectivity index (χ1) is 12.9. The molecule has 27 heavy (non-hydrogen) atoms.